The van der Waals surface area contributed by atoms with Gasteiger partial charge in [-0.1, -0.05) is 18.2 Å². The molecule has 0 saturated carbocycles. The average Bonchev–Trinajstić information content (AvgIpc) is 2.81. The smallest absolute Gasteiger partial charge is 0.410 e. The first-order valence-corrected chi connectivity index (χ1v) is 11.2. The highest BCUT2D eigenvalue weighted by Crippen LogP contribution is 2.23. The number of hydrogen-bond acceptors (Lipinski definition) is 6. The van der Waals surface area contributed by atoms with Crippen LogP contribution in [-0.2, 0) is 9.53 Å². The van der Waals surface area contributed by atoms with Gasteiger partial charge in [0.05, 0.1) is 0 Å². The Kier molecular flexibility index (Phi) is 8.14. The topological polar surface area (TPSA) is 104 Å². The monoisotopic (exact) mass is 462 g/mol. The van der Waals surface area contributed by atoms with Crippen molar-refractivity contribution in [1.29, 1.82) is 5.26 Å². The van der Waals surface area contributed by atoms with Gasteiger partial charge < -0.3 is 25.0 Å². The minimum atomic E-state index is -0.529. The Morgan fingerprint density at radius 2 is 1.65 bits per heavy atom. The molecule has 0 aromatic heterocycles. The Labute approximate surface area is 200 Å². The summed E-state index contributed by atoms with van der Waals surface area (Å²) >= 11 is 0. The van der Waals surface area contributed by atoms with E-state index in [1.807, 2.05) is 57.2 Å². The Hall–Kier alpha value is -3.99. The molecule has 8 nitrogen and oxygen atoms in total. The van der Waals surface area contributed by atoms with E-state index in [0.29, 0.717) is 37.4 Å². The molecule has 1 aliphatic rings. The summed E-state index contributed by atoms with van der Waals surface area (Å²) in [6.45, 7) is 6.61. The van der Waals surface area contributed by atoms with Crippen molar-refractivity contribution in [1.82, 2.24) is 10.2 Å². The first-order chi connectivity index (χ1) is 16.2. The number of amides is 2. The van der Waals surface area contributed by atoms with Crippen LogP contribution in [0.15, 0.2) is 66.4 Å². The van der Waals surface area contributed by atoms with Crippen LogP contribution in [0, 0.1) is 11.3 Å². The summed E-state index contributed by atoms with van der Waals surface area (Å²) in [4.78, 5) is 26.4. The molecule has 0 spiro atoms. The number of nitriles is 1. The molecule has 0 aliphatic carbocycles. The number of benzene rings is 2. The van der Waals surface area contributed by atoms with Gasteiger partial charge in [-0.25, -0.2) is 4.79 Å². The standard InChI is InChI=1S/C26H30N4O4/c1-26(2,3)34-25(32)30-15-13-20(14-16-30)28-18-19(17-27)24(31)29-21-9-11-23(12-10-21)33-22-7-5-4-6-8-22/h4-12,18,20,28H,13-16H2,1-3H3,(H,29,31)/b19-18-. The van der Waals surface area contributed by atoms with Crippen molar-refractivity contribution in [2.24, 2.45) is 0 Å². The van der Waals surface area contributed by atoms with E-state index >= 15 is 0 Å². The summed E-state index contributed by atoms with van der Waals surface area (Å²) in [5, 5.41) is 15.3. The van der Waals surface area contributed by atoms with Crippen molar-refractivity contribution in [2.45, 2.75) is 45.3 Å². The maximum atomic E-state index is 12.5. The minimum Gasteiger partial charge on any atom is -0.457 e. The molecule has 0 atom stereocenters. The molecule has 1 aliphatic heterocycles. The van der Waals surface area contributed by atoms with Gasteiger partial charge in [0, 0.05) is 31.0 Å². The lowest BCUT2D eigenvalue weighted by Gasteiger charge is -2.33. The van der Waals surface area contributed by atoms with Gasteiger partial charge in [0.1, 0.15) is 28.7 Å². The third-order valence-electron chi connectivity index (χ3n) is 5.07. The maximum absolute atomic E-state index is 12.5. The lowest BCUT2D eigenvalue weighted by Crippen LogP contribution is -2.45. The molecule has 0 radical (unpaired) electrons. The lowest BCUT2D eigenvalue weighted by molar-refractivity contribution is -0.112. The van der Waals surface area contributed by atoms with Gasteiger partial charge in [0.15, 0.2) is 0 Å². The van der Waals surface area contributed by atoms with E-state index in [2.05, 4.69) is 10.6 Å². The van der Waals surface area contributed by atoms with Crippen LogP contribution in [0.25, 0.3) is 0 Å². The molecular weight excluding hydrogens is 432 g/mol. The van der Waals surface area contributed by atoms with E-state index in [4.69, 9.17) is 9.47 Å². The minimum absolute atomic E-state index is 0.0285. The van der Waals surface area contributed by atoms with Gasteiger partial charge in [-0.05, 0) is 70.0 Å². The van der Waals surface area contributed by atoms with Gasteiger partial charge >= 0.3 is 6.09 Å². The number of piperidine rings is 1. The molecule has 8 heteroatoms. The van der Waals surface area contributed by atoms with E-state index in [-0.39, 0.29) is 17.7 Å². The van der Waals surface area contributed by atoms with Gasteiger partial charge in [0.2, 0.25) is 0 Å². The third kappa shape index (κ3) is 7.55. The number of carbonyl (C=O) groups is 2. The molecule has 0 bridgehead atoms. The predicted molar refractivity (Wildman–Crippen MR) is 129 cm³/mol. The Morgan fingerprint density at radius 3 is 2.24 bits per heavy atom. The number of carbonyl (C=O) groups excluding carboxylic acids is 2. The Morgan fingerprint density at radius 1 is 1.03 bits per heavy atom. The van der Waals surface area contributed by atoms with Crippen LogP contribution >= 0.6 is 0 Å². The summed E-state index contributed by atoms with van der Waals surface area (Å²) in [6, 6.07) is 18.3. The molecule has 2 amide bonds. The lowest BCUT2D eigenvalue weighted by atomic mass is 10.1. The normalized spacial score (nSPS) is 14.6. The van der Waals surface area contributed by atoms with Crippen molar-refractivity contribution in [3.63, 3.8) is 0 Å². The zero-order valence-electron chi connectivity index (χ0n) is 19.7. The molecule has 3 rings (SSSR count). The van der Waals surface area contributed by atoms with Crippen molar-refractivity contribution in [3.8, 4) is 17.6 Å². The van der Waals surface area contributed by atoms with Crippen LogP contribution in [0.5, 0.6) is 11.5 Å². The fourth-order valence-corrected chi connectivity index (χ4v) is 3.33. The number of ether oxygens (including phenoxy) is 2. The second kappa shape index (κ2) is 11.2. The summed E-state index contributed by atoms with van der Waals surface area (Å²) in [7, 11) is 0. The Balaban J connectivity index is 1.48. The molecular formula is C26H30N4O4. The van der Waals surface area contributed by atoms with Crippen LogP contribution in [0.1, 0.15) is 33.6 Å². The average molecular weight is 463 g/mol. The zero-order chi connectivity index (χ0) is 24.6. The molecule has 34 heavy (non-hydrogen) atoms. The largest absolute Gasteiger partial charge is 0.457 e. The molecule has 1 saturated heterocycles. The highest BCUT2D eigenvalue weighted by Gasteiger charge is 2.26. The van der Waals surface area contributed by atoms with E-state index in [1.54, 1.807) is 29.2 Å². The molecule has 1 heterocycles. The molecule has 2 N–H and O–H groups in total. The van der Waals surface area contributed by atoms with E-state index in [0.717, 1.165) is 5.75 Å². The highest BCUT2D eigenvalue weighted by molar-refractivity contribution is 6.06. The first kappa shape index (κ1) is 24.6. The quantitative estimate of drug-likeness (QED) is 0.471. The second-order valence-corrected chi connectivity index (χ2v) is 8.97. The molecule has 178 valence electrons. The van der Waals surface area contributed by atoms with Crippen molar-refractivity contribution in [2.75, 3.05) is 18.4 Å². The van der Waals surface area contributed by atoms with Crippen LogP contribution in [0.4, 0.5) is 10.5 Å². The fraction of sp³-hybridized carbons (Fsp3) is 0.346. The zero-order valence-corrected chi connectivity index (χ0v) is 19.7. The number of hydrogen-bond donors (Lipinski definition) is 2. The third-order valence-corrected chi connectivity index (χ3v) is 5.07. The number of nitrogens with one attached hydrogen (secondary N) is 2. The van der Waals surface area contributed by atoms with E-state index in [9.17, 15) is 14.9 Å². The second-order valence-electron chi connectivity index (χ2n) is 8.97. The van der Waals surface area contributed by atoms with E-state index < -0.39 is 11.5 Å². The van der Waals surface area contributed by atoms with Gasteiger partial charge in [0.25, 0.3) is 5.91 Å². The van der Waals surface area contributed by atoms with E-state index in [1.165, 1.54) is 6.20 Å². The summed E-state index contributed by atoms with van der Waals surface area (Å²) in [6.07, 6.45) is 2.51. The van der Waals surface area contributed by atoms with Gasteiger partial charge in [-0.2, -0.15) is 5.26 Å². The Bertz CT molecular complexity index is 1040. The predicted octanol–water partition coefficient (Wildman–Crippen LogP) is 4.81. The molecule has 2 aromatic carbocycles. The first-order valence-electron chi connectivity index (χ1n) is 11.2. The molecule has 2 aromatic rings. The van der Waals surface area contributed by atoms with Crippen LogP contribution < -0.4 is 15.4 Å². The SMILES string of the molecule is CC(C)(C)OC(=O)N1CCC(N/C=C(/C#N)C(=O)Nc2ccc(Oc3ccccc3)cc2)CC1. The number of nitrogens with zero attached hydrogens (tertiary/aromatic N) is 2. The van der Waals surface area contributed by atoms with Gasteiger partial charge in [-0.3, -0.25) is 4.79 Å². The summed E-state index contributed by atoms with van der Waals surface area (Å²) < 4.78 is 11.1. The van der Waals surface area contributed by atoms with Crippen molar-refractivity contribution >= 4 is 17.7 Å². The van der Waals surface area contributed by atoms with Crippen LogP contribution in [0.3, 0.4) is 0 Å². The number of rotatable bonds is 6. The number of likely N-dealkylation sites (tertiary alicyclic amines) is 1. The van der Waals surface area contributed by atoms with Gasteiger partial charge in [-0.15, -0.1) is 0 Å². The summed E-state index contributed by atoms with van der Waals surface area (Å²) in [5.41, 5.74) is -0.00410. The van der Waals surface area contributed by atoms with Crippen molar-refractivity contribution < 1.29 is 19.1 Å². The maximum Gasteiger partial charge on any atom is 0.410 e. The number of anilines is 1. The number of para-hydroxylation sites is 1. The molecule has 1 fully saturated rings. The highest BCUT2D eigenvalue weighted by atomic mass is 16.6. The summed E-state index contributed by atoms with van der Waals surface area (Å²) in [5.74, 6) is 0.856. The van der Waals surface area contributed by atoms with Crippen LogP contribution in [-0.4, -0.2) is 41.6 Å². The van der Waals surface area contributed by atoms with Crippen molar-refractivity contribution in [3.05, 3.63) is 66.4 Å². The van der Waals surface area contributed by atoms with Crippen LogP contribution in [0.2, 0.25) is 0 Å². The molecule has 0 unspecified atom stereocenters. The fourth-order valence-electron chi connectivity index (χ4n) is 3.33.